The van der Waals surface area contributed by atoms with Crippen LogP contribution in [0.5, 0.6) is 0 Å². The minimum absolute atomic E-state index is 0.175. The Balaban J connectivity index is 1.97. The first kappa shape index (κ1) is 12.3. The molecule has 2 heterocycles. The van der Waals surface area contributed by atoms with Crippen molar-refractivity contribution in [1.82, 2.24) is 9.62 Å². The standard InChI is InChI=1S/C11H22N2O2S/c1-2-10-4-7-13(8-5-10)16(14,15)11-3-6-12-9-11/h10-12H,2-9H2,1H3. The van der Waals surface area contributed by atoms with E-state index in [-0.39, 0.29) is 5.25 Å². The molecule has 1 N–H and O–H groups in total. The quantitative estimate of drug-likeness (QED) is 0.801. The Bertz CT molecular complexity index is 315. The van der Waals surface area contributed by atoms with E-state index < -0.39 is 10.0 Å². The van der Waals surface area contributed by atoms with Crippen LogP contribution in [0.15, 0.2) is 0 Å². The molecule has 0 spiro atoms. The van der Waals surface area contributed by atoms with Crippen molar-refractivity contribution in [3.05, 3.63) is 0 Å². The summed E-state index contributed by atoms with van der Waals surface area (Å²) in [6.45, 7) is 5.13. The van der Waals surface area contributed by atoms with Gasteiger partial charge in [-0.3, -0.25) is 0 Å². The van der Waals surface area contributed by atoms with E-state index >= 15 is 0 Å². The summed E-state index contributed by atoms with van der Waals surface area (Å²) in [7, 11) is -3.02. The Kier molecular flexibility index (Phi) is 3.87. The highest BCUT2D eigenvalue weighted by Crippen LogP contribution is 2.24. The molecule has 5 heteroatoms. The topological polar surface area (TPSA) is 49.4 Å². The number of piperidine rings is 1. The van der Waals surface area contributed by atoms with Crippen molar-refractivity contribution in [3.8, 4) is 0 Å². The average molecular weight is 246 g/mol. The van der Waals surface area contributed by atoms with E-state index in [1.807, 2.05) is 0 Å². The zero-order valence-corrected chi connectivity index (χ0v) is 10.8. The van der Waals surface area contributed by atoms with Crippen LogP contribution in [0.1, 0.15) is 32.6 Å². The molecule has 0 amide bonds. The molecule has 4 nitrogen and oxygen atoms in total. The van der Waals surface area contributed by atoms with E-state index in [1.54, 1.807) is 4.31 Å². The molecule has 0 aromatic heterocycles. The van der Waals surface area contributed by atoms with Crippen molar-refractivity contribution in [3.63, 3.8) is 0 Å². The van der Waals surface area contributed by atoms with Crippen LogP contribution in [-0.4, -0.2) is 44.2 Å². The summed E-state index contributed by atoms with van der Waals surface area (Å²) >= 11 is 0. The molecule has 0 radical (unpaired) electrons. The summed E-state index contributed by atoms with van der Waals surface area (Å²) in [5.74, 6) is 0.730. The van der Waals surface area contributed by atoms with Crippen molar-refractivity contribution < 1.29 is 8.42 Å². The Morgan fingerprint density at radius 1 is 1.25 bits per heavy atom. The van der Waals surface area contributed by atoms with Crippen LogP contribution < -0.4 is 5.32 Å². The lowest BCUT2D eigenvalue weighted by Gasteiger charge is -2.32. The molecule has 1 unspecified atom stereocenters. The summed E-state index contributed by atoms with van der Waals surface area (Å²) in [5.41, 5.74) is 0. The van der Waals surface area contributed by atoms with Crippen LogP contribution in [0.4, 0.5) is 0 Å². The van der Waals surface area contributed by atoms with Gasteiger partial charge in [-0.25, -0.2) is 12.7 Å². The van der Waals surface area contributed by atoms with Crippen LogP contribution in [0.3, 0.4) is 0 Å². The Hall–Kier alpha value is -0.130. The van der Waals surface area contributed by atoms with Crippen molar-refractivity contribution in [2.45, 2.75) is 37.9 Å². The Labute approximate surface area is 98.4 Å². The summed E-state index contributed by atoms with van der Waals surface area (Å²) < 4.78 is 26.3. The fourth-order valence-electron chi connectivity index (χ4n) is 2.67. The minimum atomic E-state index is -3.02. The van der Waals surface area contributed by atoms with Crippen LogP contribution in [0.25, 0.3) is 0 Å². The average Bonchev–Trinajstić information content (AvgIpc) is 2.83. The molecule has 2 aliphatic heterocycles. The predicted octanol–water partition coefficient (Wildman–Crippen LogP) is 0.800. The molecule has 2 aliphatic rings. The third kappa shape index (κ3) is 2.41. The van der Waals surface area contributed by atoms with Crippen LogP contribution >= 0.6 is 0 Å². The molecule has 2 rings (SSSR count). The van der Waals surface area contributed by atoms with E-state index in [0.717, 1.165) is 44.8 Å². The molecule has 2 saturated heterocycles. The van der Waals surface area contributed by atoms with Crippen molar-refractivity contribution in [2.75, 3.05) is 26.2 Å². The molecular formula is C11H22N2O2S. The van der Waals surface area contributed by atoms with E-state index in [0.29, 0.717) is 6.54 Å². The molecule has 1 atom stereocenters. The number of sulfonamides is 1. The lowest BCUT2D eigenvalue weighted by atomic mass is 9.96. The van der Waals surface area contributed by atoms with Gasteiger partial charge in [0.25, 0.3) is 0 Å². The molecule has 16 heavy (non-hydrogen) atoms. The highest BCUT2D eigenvalue weighted by molar-refractivity contribution is 7.89. The summed E-state index contributed by atoms with van der Waals surface area (Å²) in [4.78, 5) is 0. The van der Waals surface area contributed by atoms with E-state index in [4.69, 9.17) is 0 Å². The maximum atomic E-state index is 12.3. The van der Waals surface area contributed by atoms with Gasteiger partial charge in [-0.1, -0.05) is 13.3 Å². The van der Waals surface area contributed by atoms with Crippen molar-refractivity contribution in [2.24, 2.45) is 5.92 Å². The summed E-state index contributed by atoms with van der Waals surface area (Å²) in [6.07, 6.45) is 4.03. The van der Waals surface area contributed by atoms with Gasteiger partial charge in [0, 0.05) is 19.6 Å². The normalized spacial score (nSPS) is 29.7. The smallest absolute Gasteiger partial charge is 0.218 e. The molecule has 2 fully saturated rings. The fraction of sp³-hybridized carbons (Fsp3) is 1.00. The number of hydrogen-bond donors (Lipinski definition) is 1. The van der Waals surface area contributed by atoms with E-state index in [1.165, 1.54) is 6.42 Å². The first-order valence-corrected chi connectivity index (χ1v) is 7.84. The third-order valence-corrected chi connectivity index (χ3v) is 6.28. The van der Waals surface area contributed by atoms with Crippen LogP contribution in [0, 0.1) is 5.92 Å². The van der Waals surface area contributed by atoms with Gasteiger partial charge in [0.15, 0.2) is 0 Å². The second kappa shape index (κ2) is 5.02. The van der Waals surface area contributed by atoms with Gasteiger partial charge in [0.05, 0.1) is 5.25 Å². The van der Waals surface area contributed by atoms with Crippen LogP contribution in [-0.2, 0) is 10.0 Å². The van der Waals surface area contributed by atoms with Gasteiger partial charge in [-0.15, -0.1) is 0 Å². The first-order chi connectivity index (χ1) is 7.64. The Morgan fingerprint density at radius 3 is 2.44 bits per heavy atom. The molecular weight excluding hydrogens is 224 g/mol. The highest BCUT2D eigenvalue weighted by Gasteiger charge is 2.35. The zero-order chi connectivity index (χ0) is 11.6. The Morgan fingerprint density at radius 2 is 1.94 bits per heavy atom. The molecule has 0 saturated carbocycles. The minimum Gasteiger partial charge on any atom is -0.315 e. The maximum Gasteiger partial charge on any atom is 0.218 e. The van der Waals surface area contributed by atoms with Gasteiger partial charge in [-0.2, -0.15) is 0 Å². The van der Waals surface area contributed by atoms with Gasteiger partial charge in [-0.05, 0) is 31.7 Å². The first-order valence-electron chi connectivity index (χ1n) is 6.34. The molecule has 0 aromatic rings. The monoisotopic (exact) mass is 246 g/mol. The van der Waals surface area contributed by atoms with E-state index in [9.17, 15) is 8.42 Å². The molecule has 0 bridgehead atoms. The van der Waals surface area contributed by atoms with Gasteiger partial charge < -0.3 is 5.32 Å². The van der Waals surface area contributed by atoms with Gasteiger partial charge >= 0.3 is 0 Å². The van der Waals surface area contributed by atoms with E-state index in [2.05, 4.69) is 12.2 Å². The lowest BCUT2D eigenvalue weighted by molar-refractivity contribution is 0.267. The lowest BCUT2D eigenvalue weighted by Crippen LogP contribution is -2.44. The number of hydrogen-bond acceptors (Lipinski definition) is 3. The van der Waals surface area contributed by atoms with Gasteiger partial charge in [0.2, 0.25) is 10.0 Å². The second-order valence-corrected chi connectivity index (χ2v) is 7.12. The summed E-state index contributed by atoms with van der Waals surface area (Å²) in [5, 5.41) is 2.96. The fourth-order valence-corrected chi connectivity index (χ4v) is 4.55. The SMILES string of the molecule is CCC1CCN(S(=O)(=O)C2CCNC2)CC1. The van der Waals surface area contributed by atoms with Crippen molar-refractivity contribution >= 4 is 10.0 Å². The summed E-state index contributed by atoms with van der Waals surface area (Å²) in [6, 6.07) is 0. The predicted molar refractivity (Wildman–Crippen MR) is 64.8 cm³/mol. The third-order valence-electron chi connectivity index (χ3n) is 3.95. The number of rotatable bonds is 3. The largest absolute Gasteiger partial charge is 0.315 e. The van der Waals surface area contributed by atoms with Crippen LogP contribution in [0.2, 0.25) is 0 Å². The molecule has 0 aliphatic carbocycles. The maximum absolute atomic E-state index is 12.3. The molecule has 94 valence electrons. The second-order valence-electron chi connectivity index (χ2n) is 4.91. The number of nitrogens with one attached hydrogen (secondary N) is 1. The number of nitrogens with zero attached hydrogens (tertiary/aromatic N) is 1. The molecule has 0 aromatic carbocycles. The van der Waals surface area contributed by atoms with Crippen molar-refractivity contribution in [1.29, 1.82) is 0 Å². The zero-order valence-electron chi connectivity index (χ0n) is 9.98. The highest BCUT2D eigenvalue weighted by atomic mass is 32.2. The van der Waals surface area contributed by atoms with Gasteiger partial charge in [0.1, 0.15) is 0 Å².